The molecule has 1 aromatic carbocycles. The van der Waals surface area contributed by atoms with Gasteiger partial charge >= 0.3 is 5.97 Å². The Balaban J connectivity index is 1.57. The highest BCUT2D eigenvalue weighted by molar-refractivity contribution is 7.17. The molecule has 2 aromatic rings. The monoisotopic (exact) mass is 290 g/mol. The van der Waals surface area contributed by atoms with Gasteiger partial charge in [0.2, 0.25) is 0 Å². The molecule has 20 heavy (non-hydrogen) atoms. The van der Waals surface area contributed by atoms with Gasteiger partial charge < -0.3 is 9.84 Å². The van der Waals surface area contributed by atoms with E-state index in [4.69, 9.17) is 9.84 Å². The number of hydrogen-bond donors (Lipinski definition) is 1. The highest BCUT2D eigenvalue weighted by Gasteiger charge is 2.26. The van der Waals surface area contributed by atoms with Crippen LogP contribution in [-0.4, -0.2) is 17.2 Å². The zero-order valence-electron chi connectivity index (χ0n) is 11.2. The standard InChI is InChI=1S/C16H18O3S/c17-16(18)11-5-7-13(8-6-11)19-9-12-10-20-15-4-2-1-3-14(12)15/h1-4,10-11,13H,5-9H2,(H,17,18). The van der Waals surface area contributed by atoms with E-state index in [1.807, 2.05) is 0 Å². The second-order valence-corrected chi connectivity index (χ2v) is 6.29. The summed E-state index contributed by atoms with van der Waals surface area (Å²) in [6.45, 7) is 0.631. The molecule has 3 rings (SSSR count). The number of fused-ring (bicyclic) bond motifs is 1. The second-order valence-electron chi connectivity index (χ2n) is 5.38. The van der Waals surface area contributed by atoms with Crippen molar-refractivity contribution >= 4 is 27.4 Å². The number of thiophene rings is 1. The number of rotatable bonds is 4. The van der Waals surface area contributed by atoms with Gasteiger partial charge in [0.05, 0.1) is 18.6 Å². The third kappa shape index (κ3) is 2.86. The van der Waals surface area contributed by atoms with Gasteiger partial charge in [0, 0.05) is 4.70 Å². The summed E-state index contributed by atoms with van der Waals surface area (Å²) < 4.78 is 7.27. The maximum Gasteiger partial charge on any atom is 0.306 e. The highest BCUT2D eigenvalue weighted by Crippen LogP contribution is 2.29. The summed E-state index contributed by atoms with van der Waals surface area (Å²) in [4.78, 5) is 10.9. The fraction of sp³-hybridized carbons (Fsp3) is 0.438. The largest absolute Gasteiger partial charge is 0.481 e. The van der Waals surface area contributed by atoms with Gasteiger partial charge in [-0.2, -0.15) is 0 Å². The molecular weight excluding hydrogens is 272 g/mol. The van der Waals surface area contributed by atoms with E-state index in [9.17, 15) is 4.79 Å². The van der Waals surface area contributed by atoms with Crippen LogP contribution in [0.4, 0.5) is 0 Å². The molecule has 1 N–H and O–H groups in total. The average molecular weight is 290 g/mol. The van der Waals surface area contributed by atoms with E-state index in [2.05, 4.69) is 29.6 Å². The summed E-state index contributed by atoms with van der Waals surface area (Å²) in [6, 6.07) is 8.36. The Morgan fingerprint density at radius 3 is 2.75 bits per heavy atom. The first-order chi connectivity index (χ1) is 9.74. The maximum atomic E-state index is 10.9. The number of carbonyl (C=O) groups is 1. The summed E-state index contributed by atoms with van der Waals surface area (Å²) >= 11 is 1.75. The third-order valence-electron chi connectivity index (χ3n) is 4.06. The van der Waals surface area contributed by atoms with Crippen LogP contribution in [0, 0.1) is 5.92 Å². The van der Waals surface area contributed by atoms with Crippen molar-refractivity contribution in [3.05, 3.63) is 35.2 Å². The molecule has 3 nitrogen and oxygen atoms in total. The SMILES string of the molecule is O=C(O)C1CCC(OCc2csc3ccccc23)CC1. The van der Waals surface area contributed by atoms with E-state index >= 15 is 0 Å². The van der Waals surface area contributed by atoms with Gasteiger partial charge in [0.25, 0.3) is 0 Å². The van der Waals surface area contributed by atoms with Crippen LogP contribution >= 0.6 is 11.3 Å². The quantitative estimate of drug-likeness (QED) is 0.923. The first-order valence-electron chi connectivity index (χ1n) is 7.03. The molecule has 0 radical (unpaired) electrons. The van der Waals surface area contributed by atoms with E-state index < -0.39 is 5.97 Å². The van der Waals surface area contributed by atoms with Crippen molar-refractivity contribution in [3.8, 4) is 0 Å². The van der Waals surface area contributed by atoms with Crippen molar-refractivity contribution in [1.82, 2.24) is 0 Å². The van der Waals surface area contributed by atoms with E-state index in [-0.39, 0.29) is 12.0 Å². The van der Waals surface area contributed by atoms with Gasteiger partial charge in [0.1, 0.15) is 0 Å². The van der Waals surface area contributed by atoms with Crippen LogP contribution in [0.2, 0.25) is 0 Å². The van der Waals surface area contributed by atoms with Crippen molar-refractivity contribution < 1.29 is 14.6 Å². The van der Waals surface area contributed by atoms with Gasteiger partial charge in [-0.3, -0.25) is 4.79 Å². The van der Waals surface area contributed by atoms with Crippen LogP contribution in [0.25, 0.3) is 10.1 Å². The van der Waals surface area contributed by atoms with Crippen molar-refractivity contribution in [2.75, 3.05) is 0 Å². The maximum absolute atomic E-state index is 10.9. The van der Waals surface area contributed by atoms with Crippen molar-refractivity contribution in [3.63, 3.8) is 0 Å². The Hall–Kier alpha value is -1.39. The van der Waals surface area contributed by atoms with Crippen LogP contribution in [0.3, 0.4) is 0 Å². The molecule has 0 spiro atoms. The topological polar surface area (TPSA) is 46.5 Å². The summed E-state index contributed by atoms with van der Waals surface area (Å²) in [5.74, 6) is -0.830. The molecule has 0 atom stereocenters. The van der Waals surface area contributed by atoms with Gasteiger partial charge in [-0.25, -0.2) is 0 Å². The van der Waals surface area contributed by atoms with Crippen LogP contribution in [0.5, 0.6) is 0 Å². The molecule has 0 amide bonds. The smallest absolute Gasteiger partial charge is 0.306 e. The minimum atomic E-state index is -0.660. The fourth-order valence-electron chi connectivity index (χ4n) is 2.83. The lowest BCUT2D eigenvalue weighted by Crippen LogP contribution is -2.25. The number of carboxylic acid groups (broad SMARTS) is 1. The van der Waals surface area contributed by atoms with Gasteiger partial charge in [-0.1, -0.05) is 18.2 Å². The average Bonchev–Trinajstić information content (AvgIpc) is 2.89. The number of aliphatic carboxylic acids is 1. The molecule has 1 aliphatic carbocycles. The molecule has 1 fully saturated rings. The Morgan fingerprint density at radius 1 is 1.25 bits per heavy atom. The Bertz CT molecular complexity index is 597. The van der Waals surface area contributed by atoms with E-state index in [1.54, 1.807) is 11.3 Å². The molecule has 1 aromatic heterocycles. The lowest BCUT2D eigenvalue weighted by Gasteiger charge is -2.26. The molecule has 0 bridgehead atoms. The molecule has 1 saturated carbocycles. The first-order valence-corrected chi connectivity index (χ1v) is 7.91. The van der Waals surface area contributed by atoms with E-state index in [0.717, 1.165) is 25.7 Å². The highest BCUT2D eigenvalue weighted by atomic mass is 32.1. The summed E-state index contributed by atoms with van der Waals surface area (Å²) in [5, 5.41) is 12.4. The van der Waals surface area contributed by atoms with Crippen molar-refractivity contribution in [2.45, 2.75) is 38.4 Å². The number of ether oxygens (including phenoxy) is 1. The van der Waals surface area contributed by atoms with E-state index in [0.29, 0.717) is 6.61 Å². The van der Waals surface area contributed by atoms with Crippen LogP contribution in [0.15, 0.2) is 29.6 Å². The molecule has 0 unspecified atom stereocenters. The molecule has 0 saturated heterocycles. The van der Waals surface area contributed by atoms with Gasteiger partial charge in [-0.05, 0) is 48.1 Å². The molecular formula is C16H18O3S. The Kier molecular flexibility index (Phi) is 4.03. The predicted molar refractivity (Wildman–Crippen MR) is 80.0 cm³/mol. The van der Waals surface area contributed by atoms with Crippen molar-refractivity contribution in [2.24, 2.45) is 5.92 Å². The van der Waals surface area contributed by atoms with Crippen LogP contribution in [-0.2, 0) is 16.1 Å². The molecule has 0 aliphatic heterocycles. The zero-order chi connectivity index (χ0) is 13.9. The third-order valence-corrected chi connectivity index (χ3v) is 5.07. The Labute approximate surface area is 122 Å². The molecule has 106 valence electrons. The van der Waals surface area contributed by atoms with Gasteiger partial charge in [0.15, 0.2) is 0 Å². The normalized spacial score (nSPS) is 23.0. The van der Waals surface area contributed by atoms with Gasteiger partial charge in [-0.15, -0.1) is 11.3 Å². The minimum absolute atomic E-state index is 0.170. The lowest BCUT2D eigenvalue weighted by molar-refractivity contribution is -0.143. The summed E-state index contributed by atoms with van der Waals surface area (Å²) in [5.41, 5.74) is 1.24. The number of benzene rings is 1. The lowest BCUT2D eigenvalue weighted by atomic mass is 9.87. The second kappa shape index (κ2) is 5.94. The molecule has 1 aliphatic rings. The van der Waals surface area contributed by atoms with Crippen molar-refractivity contribution in [1.29, 1.82) is 0 Å². The summed E-state index contributed by atoms with van der Waals surface area (Å²) in [7, 11) is 0. The first kappa shape index (κ1) is 13.6. The molecule has 4 heteroatoms. The van der Waals surface area contributed by atoms with Crippen LogP contribution < -0.4 is 0 Å². The Morgan fingerprint density at radius 2 is 2.00 bits per heavy atom. The summed E-state index contributed by atoms with van der Waals surface area (Å²) in [6.07, 6.45) is 3.41. The number of carboxylic acids is 1. The fourth-order valence-corrected chi connectivity index (χ4v) is 3.78. The zero-order valence-corrected chi connectivity index (χ0v) is 12.1. The molecule has 1 heterocycles. The number of hydrogen-bond acceptors (Lipinski definition) is 3. The predicted octanol–water partition coefficient (Wildman–Crippen LogP) is 4.06. The van der Waals surface area contributed by atoms with Crippen LogP contribution in [0.1, 0.15) is 31.2 Å². The minimum Gasteiger partial charge on any atom is -0.481 e. The van der Waals surface area contributed by atoms with E-state index in [1.165, 1.54) is 15.6 Å².